The van der Waals surface area contributed by atoms with Crippen molar-refractivity contribution in [2.24, 2.45) is 0 Å². The van der Waals surface area contributed by atoms with Gasteiger partial charge in [-0.3, -0.25) is 9.89 Å². The van der Waals surface area contributed by atoms with E-state index < -0.39 is 11.9 Å². The van der Waals surface area contributed by atoms with Crippen LogP contribution in [0.1, 0.15) is 16.8 Å². The summed E-state index contributed by atoms with van der Waals surface area (Å²) in [5, 5.41) is 5.43. The zero-order chi connectivity index (χ0) is 13.3. The average Bonchev–Trinajstić information content (AvgIpc) is 2.77. The molecule has 0 saturated carbocycles. The highest BCUT2D eigenvalue weighted by molar-refractivity contribution is 5.79. The molecule has 0 aliphatic carbocycles. The summed E-state index contributed by atoms with van der Waals surface area (Å²) in [5.74, 6) is 0. The van der Waals surface area contributed by atoms with Gasteiger partial charge in [0.2, 0.25) is 6.29 Å². The van der Waals surface area contributed by atoms with Crippen LogP contribution in [0.4, 0.5) is 13.2 Å². The molecule has 0 spiro atoms. The van der Waals surface area contributed by atoms with Crippen LogP contribution in [-0.2, 0) is 11.0 Å². The van der Waals surface area contributed by atoms with Gasteiger partial charge in [0, 0.05) is 17.3 Å². The zero-order valence-corrected chi connectivity index (χ0v) is 9.30. The molecule has 93 valence electrons. The van der Waals surface area contributed by atoms with Crippen LogP contribution in [0.25, 0.3) is 11.1 Å². The Morgan fingerprint density at radius 3 is 2.56 bits per heavy atom. The lowest BCUT2D eigenvalue weighted by Crippen LogP contribution is -2.07. The number of nitrogens with one attached hydrogen (secondary N) is 1. The van der Waals surface area contributed by atoms with Crippen molar-refractivity contribution in [2.45, 2.75) is 13.1 Å². The predicted octanol–water partition coefficient (Wildman–Crippen LogP) is 2.86. The molecule has 3 nitrogen and oxygen atoms in total. The topological polar surface area (TPSA) is 45.8 Å². The second-order valence-electron chi connectivity index (χ2n) is 3.78. The van der Waals surface area contributed by atoms with Crippen molar-refractivity contribution in [2.75, 3.05) is 0 Å². The molecular weight excluding hydrogens is 245 g/mol. The highest BCUT2D eigenvalue weighted by Gasteiger charge is 2.36. The van der Waals surface area contributed by atoms with Gasteiger partial charge < -0.3 is 0 Å². The number of nitrogens with zero attached hydrogens (tertiary/aromatic N) is 1. The molecule has 0 atom stereocenters. The van der Waals surface area contributed by atoms with Crippen LogP contribution >= 0.6 is 0 Å². The molecule has 0 bridgehead atoms. The summed E-state index contributed by atoms with van der Waals surface area (Å²) in [6, 6.07) is 4.35. The fourth-order valence-electron chi connectivity index (χ4n) is 1.74. The normalized spacial score (nSPS) is 11.6. The van der Waals surface area contributed by atoms with Gasteiger partial charge >= 0.3 is 6.18 Å². The van der Waals surface area contributed by atoms with E-state index in [-0.39, 0.29) is 5.56 Å². The van der Waals surface area contributed by atoms with Gasteiger partial charge in [-0.25, -0.2) is 0 Å². The monoisotopic (exact) mass is 253 g/mol. The Morgan fingerprint density at radius 2 is 2.00 bits per heavy atom. The third-order valence-corrected chi connectivity index (χ3v) is 2.54. The highest BCUT2D eigenvalue weighted by Crippen LogP contribution is 2.36. The number of alkyl halides is 3. The SMILES string of the molecule is Cc1cc([C]=O)ccc1-c1c[nH]nc1C(F)(F)F. The molecule has 1 N–H and O–H groups in total. The van der Waals surface area contributed by atoms with E-state index in [2.05, 4.69) is 10.2 Å². The minimum absolute atomic E-state index is 0.0301. The van der Waals surface area contributed by atoms with Crippen LogP contribution in [0.2, 0.25) is 0 Å². The lowest BCUT2D eigenvalue weighted by atomic mass is 9.99. The number of aromatic amines is 1. The van der Waals surface area contributed by atoms with Crippen LogP contribution in [-0.4, -0.2) is 16.5 Å². The minimum atomic E-state index is -4.52. The lowest BCUT2D eigenvalue weighted by molar-refractivity contribution is -0.140. The third kappa shape index (κ3) is 2.13. The summed E-state index contributed by atoms with van der Waals surface area (Å²) < 4.78 is 38.1. The van der Waals surface area contributed by atoms with Crippen LogP contribution in [0.15, 0.2) is 24.4 Å². The van der Waals surface area contributed by atoms with E-state index in [0.29, 0.717) is 16.7 Å². The largest absolute Gasteiger partial charge is 0.435 e. The summed E-state index contributed by atoms with van der Waals surface area (Å²) in [6.45, 7) is 1.63. The summed E-state index contributed by atoms with van der Waals surface area (Å²) in [6.07, 6.45) is -1.64. The smallest absolute Gasteiger partial charge is 0.285 e. The molecule has 0 fully saturated rings. The molecule has 0 unspecified atom stereocenters. The molecule has 18 heavy (non-hydrogen) atoms. The van der Waals surface area contributed by atoms with E-state index >= 15 is 0 Å². The standard InChI is InChI=1S/C12H8F3N2O/c1-7-4-8(6-18)2-3-9(7)10-5-16-17-11(10)12(13,14)15/h2-5H,1H3,(H,16,17). The molecule has 6 heteroatoms. The van der Waals surface area contributed by atoms with Gasteiger partial charge in [0.05, 0.1) is 0 Å². The second kappa shape index (κ2) is 4.29. The van der Waals surface area contributed by atoms with Gasteiger partial charge in [-0.1, -0.05) is 12.1 Å². The maximum Gasteiger partial charge on any atom is 0.435 e. The first-order valence-electron chi connectivity index (χ1n) is 5.03. The van der Waals surface area contributed by atoms with E-state index in [9.17, 15) is 18.0 Å². The number of halogens is 3. The summed E-state index contributed by atoms with van der Waals surface area (Å²) >= 11 is 0. The quantitative estimate of drug-likeness (QED) is 0.894. The van der Waals surface area contributed by atoms with Crippen molar-refractivity contribution in [1.29, 1.82) is 0 Å². The average molecular weight is 253 g/mol. The molecule has 0 aliphatic heterocycles. The zero-order valence-electron chi connectivity index (χ0n) is 9.30. The van der Waals surface area contributed by atoms with E-state index in [1.165, 1.54) is 24.4 Å². The Labute approximate surface area is 101 Å². The number of hydrogen-bond acceptors (Lipinski definition) is 2. The van der Waals surface area contributed by atoms with Gasteiger partial charge in [-0.15, -0.1) is 0 Å². The Hall–Kier alpha value is -2.11. The van der Waals surface area contributed by atoms with Crippen LogP contribution < -0.4 is 0 Å². The Morgan fingerprint density at radius 1 is 1.28 bits per heavy atom. The summed E-state index contributed by atoms with van der Waals surface area (Å²) in [4.78, 5) is 10.5. The van der Waals surface area contributed by atoms with Gasteiger partial charge in [0.15, 0.2) is 5.69 Å². The van der Waals surface area contributed by atoms with Crippen molar-refractivity contribution < 1.29 is 18.0 Å². The van der Waals surface area contributed by atoms with E-state index in [1.807, 2.05) is 0 Å². The first kappa shape index (κ1) is 12.3. The fraction of sp³-hybridized carbons (Fsp3) is 0.167. The van der Waals surface area contributed by atoms with Crippen molar-refractivity contribution in [3.05, 3.63) is 41.2 Å². The highest BCUT2D eigenvalue weighted by atomic mass is 19.4. The van der Waals surface area contributed by atoms with E-state index in [4.69, 9.17) is 0 Å². The number of H-pyrrole nitrogens is 1. The second-order valence-corrected chi connectivity index (χ2v) is 3.78. The maximum atomic E-state index is 12.7. The van der Waals surface area contributed by atoms with Crippen molar-refractivity contribution in [3.8, 4) is 11.1 Å². The van der Waals surface area contributed by atoms with Crippen molar-refractivity contribution in [3.63, 3.8) is 0 Å². The third-order valence-electron chi connectivity index (χ3n) is 2.54. The molecule has 2 rings (SSSR count). The molecule has 2 aromatic rings. The molecule has 1 heterocycles. The molecule has 1 radical (unpaired) electrons. The number of aromatic nitrogens is 2. The number of carbonyl (C=O) groups excluding carboxylic acids is 1. The molecule has 1 aromatic carbocycles. The Bertz CT molecular complexity index is 587. The molecule has 0 aliphatic rings. The van der Waals surface area contributed by atoms with Crippen LogP contribution in [0.5, 0.6) is 0 Å². The van der Waals surface area contributed by atoms with Gasteiger partial charge in [-0.2, -0.15) is 18.3 Å². The molecule has 1 aromatic heterocycles. The Kier molecular flexibility index (Phi) is 2.94. The van der Waals surface area contributed by atoms with E-state index in [1.54, 1.807) is 13.2 Å². The number of benzene rings is 1. The van der Waals surface area contributed by atoms with Crippen LogP contribution in [0, 0.1) is 6.92 Å². The lowest BCUT2D eigenvalue weighted by Gasteiger charge is -2.08. The maximum absolute atomic E-state index is 12.7. The number of rotatable bonds is 2. The van der Waals surface area contributed by atoms with E-state index in [0.717, 1.165) is 0 Å². The summed E-state index contributed by atoms with van der Waals surface area (Å²) in [5.41, 5.74) is 0.247. The molecule has 0 saturated heterocycles. The van der Waals surface area contributed by atoms with Crippen molar-refractivity contribution in [1.82, 2.24) is 10.2 Å². The number of hydrogen-bond donors (Lipinski definition) is 1. The summed E-state index contributed by atoms with van der Waals surface area (Å²) in [7, 11) is 0. The van der Waals surface area contributed by atoms with Gasteiger partial charge in [0.25, 0.3) is 0 Å². The molecule has 0 amide bonds. The van der Waals surface area contributed by atoms with Gasteiger partial charge in [-0.05, 0) is 24.1 Å². The Balaban J connectivity index is 2.56. The van der Waals surface area contributed by atoms with Crippen molar-refractivity contribution >= 4 is 6.29 Å². The fourth-order valence-corrected chi connectivity index (χ4v) is 1.74. The molecular formula is C12H8F3N2O. The first-order chi connectivity index (χ1) is 8.43. The van der Waals surface area contributed by atoms with Gasteiger partial charge in [0.1, 0.15) is 0 Å². The first-order valence-corrected chi connectivity index (χ1v) is 5.03. The minimum Gasteiger partial charge on any atom is -0.285 e. The van der Waals surface area contributed by atoms with Crippen LogP contribution in [0.3, 0.4) is 0 Å². The predicted molar refractivity (Wildman–Crippen MR) is 58.6 cm³/mol. The number of aryl methyl sites for hydroxylation is 1.